The highest BCUT2D eigenvalue weighted by Crippen LogP contribution is 2.14. The minimum absolute atomic E-state index is 0.0842. The highest BCUT2D eigenvalue weighted by Gasteiger charge is 2.27. The molecular weight excluding hydrogens is 230 g/mol. The fraction of sp³-hybridized carbons (Fsp3) is 0.500. The zero-order valence-corrected chi connectivity index (χ0v) is 10.9. The van der Waals surface area contributed by atoms with Crippen molar-refractivity contribution in [3.05, 3.63) is 29.8 Å². The average Bonchev–Trinajstić information content (AvgIpc) is 2.70. The van der Waals surface area contributed by atoms with E-state index >= 15 is 0 Å². The van der Waals surface area contributed by atoms with Gasteiger partial charge in [-0.05, 0) is 38.0 Å². The van der Waals surface area contributed by atoms with Crippen LogP contribution in [0.25, 0.3) is 0 Å². The number of benzene rings is 1. The molecule has 1 fully saturated rings. The van der Waals surface area contributed by atoms with Crippen LogP contribution in [-0.2, 0) is 16.0 Å². The zero-order valence-electron chi connectivity index (χ0n) is 10.9. The lowest BCUT2D eigenvalue weighted by atomic mass is 10.1. The quantitative estimate of drug-likeness (QED) is 0.799. The predicted molar refractivity (Wildman–Crippen MR) is 68.4 cm³/mol. The topological polar surface area (TPSA) is 38.8 Å². The molecule has 1 saturated heterocycles. The van der Waals surface area contributed by atoms with Gasteiger partial charge in [0.25, 0.3) is 5.91 Å². The Morgan fingerprint density at radius 1 is 1.39 bits per heavy atom. The molecule has 4 nitrogen and oxygen atoms in total. The Balaban J connectivity index is 1.85. The number of hydrogen-bond acceptors (Lipinski definition) is 3. The number of nitrogens with zero attached hydrogens (tertiary/aromatic N) is 1. The monoisotopic (exact) mass is 249 g/mol. The van der Waals surface area contributed by atoms with Gasteiger partial charge in [0.1, 0.15) is 18.6 Å². The number of amides is 1. The fourth-order valence-corrected chi connectivity index (χ4v) is 1.95. The summed E-state index contributed by atoms with van der Waals surface area (Å²) in [6, 6.07) is 8.00. The Morgan fingerprint density at radius 2 is 2.11 bits per heavy atom. The number of carbonyl (C=O) groups is 1. The Labute approximate surface area is 107 Å². The summed E-state index contributed by atoms with van der Waals surface area (Å²) in [6.07, 6.45) is 0.555. The Morgan fingerprint density at radius 3 is 2.67 bits per heavy atom. The maximum Gasteiger partial charge on any atom is 0.253 e. The number of hydrogen-bond donors (Lipinski definition) is 0. The van der Waals surface area contributed by atoms with Gasteiger partial charge in [0, 0.05) is 6.54 Å². The maximum absolute atomic E-state index is 11.6. The van der Waals surface area contributed by atoms with Gasteiger partial charge < -0.3 is 14.4 Å². The average molecular weight is 249 g/mol. The molecule has 4 heteroatoms. The van der Waals surface area contributed by atoms with Crippen LogP contribution in [-0.4, -0.2) is 36.8 Å². The van der Waals surface area contributed by atoms with Gasteiger partial charge in [0.05, 0.1) is 6.61 Å². The smallest absolute Gasteiger partial charge is 0.253 e. The maximum atomic E-state index is 11.6. The van der Waals surface area contributed by atoms with Gasteiger partial charge in [-0.15, -0.1) is 0 Å². The third-order valence-corrected chi connectivity index (χ3v) is 3.04. The van der Waals surface area contributed by atoms with Crippen LogP contribution in [0.1, 0.15) is 19.4 Å². The van der Waals surface area contributed by atoms with Crippen molar-refractivity contribution in [3.63, 3.8) is 0 Å². The molecule has 0 unspecified atom stereocenters. The molecule has 1 aliphatic heterocycles. The van der Waals surface area contributed by atoms with Crippen LogP contribution in [0.2, 0.25) is 0 Å². The van der Waals surface area contributed by atoms with Crippen LogP contribution >= 0.6 is 0 Å². The first-order chi connectivity index (χ1) is 8.70. The van der Waals surface area contributed by atoms with E-state index in [9.17, 15) is 4.79 Å². The molecule has 1 amide bonds. The third kappa shape index (κ3) is 3.01. The van der Waals surface area contributed by atoms with Crippen LogP contribution < -0.4 is 4.74 Å². The molecule has 1 atom stereocenters. The lowest BCUT2D eigenvalue weighted by molar-refractivity contribution is -0.129. The van der Waals surface area contributed by atoms with Gasteiger partial charge in [-0.3, -0.25) is 4.79 Å². The summed E-state index contributed by atoms with van der Waals surface area (Å²) in [5.74, 6) is 0.969. The van der Waals surface area contributed by atoms with E-state index in [4.69, 9.17) is 9.47 Å². The Hall–Kier alpha value is -1.55. The molecule has 1 heterocycles. The second-order valence-corrected chi connectivity index (χ2v) is 4.37. The van der Waals surface area contributed by atoms with Gasteiger partial charge in [-0.25, -0.2) is 0 Å². The first kappa shape index (κ1) is 12.9. The van der Waals surface area contributed by atoms with Crippen molar-refractivity contribution in [1.82, 2.24) is 4.90 Å². The van der Waals surface area contributed by atoms with E-state index in [0.717, 1.165) is 12.2 Å². The van der Waals surface area contributed by atoms with Crippen molar-refractivity contribution < 1.29 is 14.3 Å². The third-order valence-electron chi connectivity index (χ3n) is 3.04. The highest BCUT2D eigenvalue weighted by molar-refractivity contribution is 5.81. The van der Waals surface area contributed by atoms with Crippen molar-refractivity contribution >= 4 is 5.91 Å². The van der Waals surface area contributed by atoms with Crippen molar-refractivity contribution in [2.24, 2.45) is 0 Å². The first-order valence-electron chi connectivity index (χ1n) is 6.33. The minimum Gasteiger partial charge on any atom is -0.494 e. The summed E-state index contributed by atoms with van der Waals surface area (Å²) >= 11 is 0. The van der Waals surface area contributed by atoms with E-state index in [1.165, 1.54) is 5.56 Å². The lowest BCUT2D eigenvalue weighted by Crippen LogP contribution is -2.30. The predicted octanol–water partition coefficient (Wildman–Crippen LogP) is 1.83. The Bertz CT molecular complexity index is 402. The van der Waals surface area contributed by atoms with Crippen molar-refractivity contribution in [1.29, 1.82) is 0 Å². The summed E-state index contributed by atoms with van der Waals surface area (Å²) in [5.41, 5.74) is 1.20. The summed E-state index contributed by atoms with van der Waals surface area (Å²) in [7, 11) is 0. The highest BCUT2D eigenvalue weighted by atomic mass is 16.5. The number of rotatable bonds is 5. The van der Waals surface area contributed by atoms with Gasteiger partial charge in [0.15, 0.2) is 0 Å². The van der Waals surface area contributed by atoms with E-state index in [2.05, 4.69) is 0 Å². The summed E-state index contributed by atoms with van der Waals surface area (Å²) in [6.45, 7) is 5.55. The van der Waals surface area contributed by atoms with E-state index in [-0.39, 0.29) is 12.0 Å². The van der Waals surface area contributed by atoms with Gasteiger partial charge >= 0.3 is 0 Å². The number of ether oxygens (including phenoxy) is 2. The van der Waals surface area contributed by atoms with Crippen molar-refractivity contribution in [3.8, 4) is 5.75 Å². The molecule has 1 aliphatic rings. The molecule has 0 saturated carbocycles. The standard InChI is InChI=1S/C14H19NO3/c1-3-17-13-6-4-12(5-7-13)8-9-15-10-18-11(2)14(15)16/h4-7,11H,3,8-10H2,1-2H3/t11-/m0/s1. The molecule has 1 aromatic carbocycles. The van der Waals surface area contributed by atoms with E-state index in [1.807, 2.05) is 31.2 Å². The van der Waals surface area contributed by atoms with Crippen LogP contribution in [0.15, 0.2) is 24.3 Å². The Kier molecular flexibility index (Phi) is 4.20. The minimum atomic E-state index is -0.287. The summed E-state index contributed by atoms with van der Waals surface area (Å²) in [5, 5.41) is 0. The van der Waals surface area contributed by atoms with Gasteiger partial charge in [-0.2, -0.15) is 0 Å². The molecule has 1 aromatic rings. The van der Waals surface area contributed by atoms with E-state index < -0.39 is 0 Å². The molecule has 0 bridgehead atoms. The van der Waals surface area contributed by atoms with Crippen LogP contribution in [0, 0.1) is 0 Å². The van der Waals surface area contributed by atoms with E-state index in [0.29, 0.717) is 19.9 Å². The lowest BCUT2D eigenvalue weighted by Gasteiger charge is -2.13. The summed E-state index contributed by atoms with van der Waals surface area (Å²) in [4.78, 5) is 13.4. The molecule has 0 aromatic heterocycles. The molecule has 98 valence electrons. The normalized spacial score (nSPS) is 19.3. The molecular formula is C14H19NO3. The second-order valence-electron chi connectivity index (χ2n) is 4.37. The van der Waals surface area contributed by atoms with Gasteiger partial charge in [-0.1, -0.05) is 12.1 Å². The van der Waals surface area contributed by atoms with Crippen molar-refractivity contribution in [2.45, 2.75) is 26.4 Å². The largest absolute Gasteiger partial charge is 0.494 e. The fourth-order valence-electron chi connectivity index (χ4n) is 1.95. The summed E-state index contributed by atoms with van der Waals surface area (Å²) < 4.78 is 10.7. The SMILES string of the molecule is CCOc1ccc(CCN2CO[C@@H](C)C2=O)cc1. The molecule has 0 spiro atoms. The molecule has 0 aliphatic carbocycles. The number of carbonyl (C=O) groups excluding carboxylic acids is 1. The van der Waals surface area contributed by atoms with Crippen LogP contribution in [0.3, 0.4) is 0 Å². The second kappa shape index (κ2) is 5.87. The van der Waals surface area contributed by atoms with Crippen molar-refractivity contribution in [2.75, 3.05) is 19.9 Å². The molecule has 0 radical (unpaired) electrons. The molecule has 2 rings (SSSR count). The molecule has 0 N–H and O–H groups in total. The molecule has 18 heavy (non-hydrogen) atoms. The van der Waals surface area contributed by atoms with Gasteiger partial charge in [0.2, 0.25) is 0 Å². The zero-order chi connectivity index (χ0) is 13.0. The van der Waals surface area contributed by atoms with E-state index in [1.54, 1.807) is 11.8 Å². The van der Waals surface area contributed by atoms with Crippen LogP contribution in [0.4, 0.5) is 0 Å². The first-order valence-corrected chi connectivity index (χ1v) is 6.33. The van der Waals surface area contributed by atoms with Crippen LogP contribution in [0.5, 0.6) is 5.75 Å².